The Bertz CT molecular complexity index is 1300. The van der Waals surface area contributed by atoms with Crippen LogP contribution in [0.3, 0.4) is 0 Å². The van der Waals surface area contributed by atoms with Gasteiger partial charge >= 0.3 is 0 Å². The molecule has 1 aromatic heterocycles. The summed E-state index contributed by atoms with van der Waals surface area (Å²) in [5, 5.41) is 10.3. The first-order valence-corrected chi connectivity index (χ1v) is 14.8. The van der Waals surface area contributed by atoms with Crippen LogP contribution in [0.15, 0.2) is 48.7 Å². The minimum atomic E-state index is -0.119. The molecule has 40 heavy (non-hydrogen) atoms. The third kappa shape index (κ3) is 6.95. The number of thiol groups is 1. The average Bonchev–Trinajstić information content (AvgIpc) is 3.00. The summed E-state index contributed by atoms with van der Waals surface area (Å²) >= 11 is 6.30. The molecule has 2 aliphatic heterocycles. The summed E-state index contributed by atoms with van der Waals surface area (Å²) in [6, 6.07) is 13.7. The smallest absolute Gasteiger partial charge is 0.229 e. The summed E-state index contributed by atoms with van der Waals surface area (Å²) in [5.41, 5.74) is 3.38. The number of para-hydroxylation sites is 2. The van der Waals surface area contributed by atoms with Gasteiger partial charge < -0.3 is 30.5 Å². The first-order chi connectivity index (χ1) is 19.5. The third-order valence-corrected chi connectivity index (χ3v) is 8.25. The van der Waals surface area contributed by atoms with Crippen molar-refractivity contribution in [2.45, 2.75) is 12.8 Å². The number of hydrogen-bond donors (Lipinski definition) is 4. The van der Waals surface area contributed by atoms with Crippen LogP contribution in [-0.4, -0.2) is 79.0 Å². The van der Waals surface area contributed by atoms with Gasteiger partial charge in [0.15, 0.2) is 5.82 Å². The summed E-state index contributed by atoms with van der Waals surface area (Å²) in [7, 11) is 3.40. The number of ether oxygens (including phenoxy) is 1. The summed E-state index contributed by atoms with van der Waals surface area (Å²) in [6.45, 7) is 7.83. The number of piperazine rings is 1. The van der Waals surface area contributed by atoms with Crippen molar-refractivity contribution < 1.29 is 8.95 Å². The first-order valence-electron chi connectivity index (χ1n) is 13.6. The minimum absolute atomic E-state index is 0.119. The van der Waals surface area contributed by atoms with Crippen molar-refractivity contribution in [3.05, 3.63) is 53.7 Å². The van der Waals surface area contributed by atoms with Gasteiger partial charge in [-0.1, -0.05) is 23.7 Å². The zero-order chi connectivity index (χ0) is 27.9. The van der Waals surface area contributed by atoms with Crippen molar-refractivity contribution >= 4 is 58.0 Å². The lowest BCUT2D eigenvalue weighted by atomic mass is 9.95. The lowest BCUT2D eigenvalue weighted by molar-refractivity contribution is 0.190. The predicted octanol–water partition coefficient (Wildman–Crippen LogP) is 4.04. The molecule has 2 aromatic carbocycles. The number of aromatic nitrogens is 2. The first kappa shape index (κ1) is 28.4. The van der Waals surface area contributed by atoms with E-state index in [4.69, 9.17) is 16.3 Å². The largest absolute Gasteiger partial charge is 0.494 e. The van der Waals surface area contributed by atoms with Crippen LogP contribution in [0.4, 0.5) is 34.5 Å². The van der Waals surface area contributed by atoms with Gasteiger partial charge in [0.1, 0.15) is 22.6 Å². The van der Waals surface area contributed by atoms with Crippen LogP contribution >= 0.6 is 11.6 Å². The van der Waals surface area contributed by atoms with Crippen LogP contribution in [0.2, 0.25) is 5.02 Å². The number of benzene rings is 2. The Morgan fingerprint density at radius 3 is 2.62 bits per heavy atom. The number of hydrogen-bond acceptors (Lipinski definition) is 9. The third-order valence-electron chi connectivity index (χ3n) is 7.51. The van der Waals surface area contributed by atoms with Gasteiger partial charge in [0.05, 0.1) is 30.4 Å². The van der Waals surface area contributed by atoms with Crippen LogP contribution in [0.5, 0.6) is 5.75 Å². The minimum Gasteiger partial charge on any atom is -0.494 e. The van der Waals surface area contributed by atoms with E-state index >= 15 is 0 Å². The molecule has 0 radical (unpaired) electrons. The van der Waals surface area contributed by atoms with Crippen molar-refractivity contribution in [2.24, 2.45) is 5.92 Å². The van der Waals surface area contributed by atoms with Gasteiger partial charge in [0.25, 0.3) is 0 Å². The lowest BCUT2D eigenvalue weighted by Gasteiger charge is -2.37. The van der Waals surface area contributed by atoms with E-state index in [1.807, 2.05) is 30.3 Å². The Balaban J connectivity index is 1.25. The highest BCUT2D eigenvalue weighted by atomic mass is 35.5. The molecule has 0 saturated carbocycles. The standard InChI is InChI=1S/C28H37ClN8O2S/c1-35(40-38)25-6-4-3-5-23(25)32-27-22(29)18-31-28(34-27)33-24-8-7-21(17-26(24)39-2)37-13-9-20(10-14-37)19-36-15-11-30-12-16-36/h3-8,17-18,20,30,40H,9-16,19H2,1-2H3,(H2,31,32,33,34). The summed E-state index contributed by atoms with van der Waals surface area (Å²) in [6.07, 6.45) is 3.95. The molecule has 0 bridgehead atoms. The van der Waals surface area contributed by atoms with E-state index in [2.05, 4.69) is 47.9 Å². The normalized spacial score (nSPS) is 16.5. The van der Waals surface area contributed by atoms with Gasteiger partial charge in [0, 0.05) is 64.6 Å². The Labute approximate surface area is 244 Å². The Kier molecular flexibility index (Phi) is 9.58. The molecule has 3 N–H and O–H groups in total. The molecule has 2 fully saturated rings. The zero-order valence-corrected chi connectivity index (χ0v) is 24.6. The molecule has 2 saturated heterocycles. The molecule has 3 heterocycles. The molecule has 2 aliphatic rings. The van der Waals surface area contributed by atoms with Crippen molar-refractivity contribution in [1.82, 2.24) is 20.2 Å². The maximum atomic E-state index is 11.4. The second-order valence-electron chi connectivity index (χ2n) is 10.1. The second kappa shape index (κ2) is 13.5. The summed E-state index contributed by atoms with van der Waals surface area (Å²) in [4.78, 5) is 14.0. The molecule has 3 aromatic rings. The van der Waals surface area contributed by atoms with Gasteiger partial charge in [-0.3, -0.25) is 4.31 Å². The van der Waals surface area contributed by atoms with Gasteiger partial charge in [-0.2, -0.15) is 4.98 Å². The van der Waals surface area contributed by atoms with E-state index in [-0.39, 0.29) is 11.9 Å². The molecule has 10 nitrogen and oxygen atoms in total. The molecular formula is C28H37ClN8O2S. The highest BCUT2D eigenvalue weighted by molar-refractivity contribution is 7.67. The molecule has 0 atom stereocenters. The number of nitrogens with zero attached hydrogens (tertiary/aromatic N) is 5. The van der Waals surface area contributed by atoms with Crippen LogP contribution < -0.4 is 29.9 Å². The molecule has 0 amide bonds. The molecule has 5 rings (SSSR count). The quantitative estimate of drug-likeness (QED) is 0.263. The molecule has 0 aliphatic carbocycles. The zero-order valence-electron chi connectivity index (χ0n) is 22.9. The molecule has 214 valence electrons. The number of nitrogens with one attached hydrogen (secondary N) is 3. The van der Waals surface area contributed by atoms with Crippen LogP contribution in [-0.2, 0) is 11.9 Å². The van der Waals surface area contributed by atoms with Gasteiger partial charge in [-0.15, -0.1) is 0 Å². The number of piperidine rings is 1. The Hall–Kier alpha value is -3.12. The predicted molar refractivity (Wildman–Crippen MR) is 165 cm³/mol. The molecule has 12 heteroatoms. The monoisotopic (exact) mass is 584 g/mol. The second-order valence-corrected chi connectivity index (χ2v) is 11.3. The van der Waals surface area contributed by atoms with E-state index in [0.717, 1.165) is 73.7 Å². The van der Waals surface area contributed by atoms with Crippen molar-refractivity contribution in [2.75, 3.05) is 79.8 Å². The van der Waals surface area contributed by atoms with Gasteiger partial charge in [0.2, 0.25) is 5.95 Å². The topological polar surface area (TPSA) is 97.9 Å². The fraction of sp³-hybridized carbons (Fsp3) is 0.429. The fourth-order valence-electron chi connectivity index (χ4n) is 5.28. The number of rotatable bonds is 10. The number of methoxy groups -OCH3 is 1. The maximum Gasteiger partial charge on any atom is 0.229 e. The van der Waals surface area contributed by atoms with E-state index in [1.165, 1.54) is 19.4 Å². The van der Waals surface area contributed by atoms with Crippen LogP contribution in [0.25, 0.3) is 0 Å². The maximum absolute atomic E-state index is 11.4. The van der Waals surface area contributed by atoms with Crippen molar-refractivity contribution in [3.8, 4) is 5.75 Å². The molecule has 0 spiro atoms. The van der Waals surface area contributed by atoms with E-state index in [1.54, 1.807) is 24.7 Å². The van der Waals surface area contributed by atoms with E-state index in [0.29, 0.717) is 16.8 Å². The average molecular weight is 585 g/mol. The van der Waals surface area contributed by atoms with E-state index < -0.39 is 0 Å². The molecule has 0 unspecified atom stereocenters. The summed E-state index contributed by atoms with van der Waals surface area (Å²) < 4.78 is 18.7. The number of halogens is 1. The van der Waals surface area contributed by atoms with Crippen LogP contribution in [0.1, 0.15) is 12.8 Å². The Morgan fingerprint density at radius 1 is 1.10 bits per heavy atom. The van der Waals surface area contributed by atoms with Gasteiger partial charge in [-0.25, -0.2) is 9.19 Å². The SMILES string of the molecule is COc1cc(N2CCC(CN3CCNCC3)CC2)ccc1Nc1ncc(Cl)c(Nc2ccccc2N(C)[SH]=O)n1. The van der Waals surface area contributed by atoms with Crippen molar-refractivity contribution in [1.29, 1.82) is 0 Å². The highest BCUT2D eigenvalue weighted by Crippen LogP contribution is 2.35. The van der Waals surface area contributed by atoms with Crippen molar-refractivity contribution in [3.63, 3.8) is 0 Å². The lowest BCUT2D eigenvalue weighted by Crippen LogP contribution is -2.46. The van der Waals surface area contributed by atoms with Crippen LogP contribution in [0, 0.1) is 5.92 Å². The van der Waals surface area contributed by atoms with E-state index in [9.17, 15) is 4.21 Å². The highest BCUT2D eigenvalue weighted by Gasteiger charge is 2.23. The van der Waals surface area contributed by atoms with Gasteiger partial charge in [-0.05, 0) is 43.0 Å². The molecular weight excluding hydrogens is 548 g/mol. The fourth-order valence-corrected chi connectivity index (χ4v) is 5.68. The Morgan fingerprint density at radius 2 is 1.88 bits per heavy atom. The summed E-state index contributed by atoms with van der Waals surface area (Å²) in [5.74, 6) is 2.28. The number of anilines is 6.